The Hall–Kier alpha value is 1.94. The summed E-state index contributed by atoms with van der Waals surface area (Å²) in [6.07, 6.45) is 2.56. The van der Waals surface area contributed by atoms with Crippen LogP contribution in [0.4, 0.5) is 0 Å². The molecular weight excluding hydrogens is 265 g/mol. The first-order valence-electron chi connectivity index (χ1n) is 4.91. The molecule has 3 aliphatic rings. The Morgan fingerprint density at radius 1 is 0.667 bits per heavy atom. The molecule has 0 saturated carbocycles. The van der Waals surface area contributed by atoms with Gasteiger partial charge in [0, 0.05) is 13.2 Å². The van der Waals surface area contributed by atoms with Crippen LogP contribution >= 0.6 is 0 Å². The second kappa shape index (κ2) is 10.6. The topological polar surface area (TPSA) is 102 Å². The second-order valence-corrected chi connectivity index (χ2v) is 3.15. The van der Waals surface area contributed by atoms with Crippen molar-refractivity contribution < 1.29 is 96.8 Å². The maximum absolute atomic E-state index is 10.5. The molecule has 0 radical (unpaired) electrons. The van der Waals surface area contributed by atoms with Gasteiger partial charge in [-0.15, -0.1) is 0 Å². The fourth-order valence-corrected chi connectivity index (χ4v) is 1.22. The zero-order valence-corrected chi connectivity index (χ0v) is 14.4. The van der Waals surface area contributed by atoms with Gasteiger partial charge >= 0.3 is 88.4 Å². The third-order valence-corrected chi connectivity index (χ3v) is 1.94. The molecule has 0 unspecified atom stereocenters. The summed E-state index contributed by atoms with van der Waals surface area (Å²) in [4.78, 5) is 0. The number of fused-ring (bicyclic) bond motifs is 2. The molecule has 0 aromatic heterocycles. The van der Waals surface area contributed by atoms with Gasteiger partial charge < -0.3 is 37.6 Å². The fourth-order valence-electron chi connectivity index (χ4n) is 1.22. The van der Waals surface area contributed by atoms with Crippen LogP contribution < -0.4 is 69.2 Å². The fraction of sp³-hybridized carbons (Fsp3) is 1.00. The van der Waals surface area contributed by atoms with Crippen LogP contribution in [0.15, 0.2) is 0 Å². The standard InChI is InChI=1S/C4H8O.B4O7.2Na/c1-2-4-5-3-1;5-1-7-3-9-2(6)10-4(8-1)11-3;;/h1-4H2;;;/q;-2;2*+1. The van der Waals surface area contributed by atoms with E-state index >= 15 is 0 Å². The molecule has 0 N–H and O–H groups in total. The average Bonchev–Trinajstić information content (AvgIpc) is 2.71. The Bertz CT molecular complexity index is 184. The summed E-state index contributed by atoms with van der Waals surface area (Å²) in [7, 11) is -6.00. The Morgan fingerprint density at radius 2 is 1.06 bits per heavy atom. The third-order valence-electron chi connectivity index (χ3n) is 1.94. The van der Waals surface area contributed by atoms with E-state index in [1.165, 1.54) is 12.8 Å². The second-order valence-electron chi connectivity index (χ2n) is 3.15. The Morgan fingerprint density at radius 3 is 1.33 bits per heavy atom. The summed E-state index contributed by atoms with van der Waals surface area (Å²) in [5.41, 5.74) is 0. The quantitative estimate of drug-likeness (QED) is 0.401. The molecule has 0 amide bonds. The van der Waals surface area contributed by atoms with Gasteiger partial charge in [-0.25, -0.2) is 0 Å². The van der Waals surface area contributed by atoms with Crippen LogP contribution in [-0.4, -0.2) is 42.5 Å². The minimum Gasteiger partial charge on any atom is -0.833 e. The number of rotatable bonds is 0. The summed E-state index contributed by atoms with van der Waals surface area (Å²) >= 11 is 0. The molecule has 0 atom stereocenters. The van der Waals surface area contributed by atoms with E-state index in [9.17, 15) is 10.0 Å². The molecule has 86 valence electrons. The Labute approximate surface area is 151 Å². The summed E-state index contributed by atoms with van der Waals surface area (Å²) in [6.45, 7) is 2.00. The van der Waals surface area contributed by atoms with Crippen LogP contribution in [0.25, 0.3) is 0 Å². The van der Waals surface area contributed by atoms with Crippen LogP contribution in [0.2, 0.25) is 0 Å². The Kier molecular flexibility index (Phi) is 11.8. The molecule has 0 aromatic rings. The molecule has 3 aliphatic heterocycles. The van der Waals surface area contributed by atoms with Crippen molar-refractivity contribution in [2.75, 3.05) is 13.2 Å². The summed E-state index contributed by atoms with van der Waals surface area (Å²) in [5.74, 6) is 0. The normalized spacial score (nSPS) is 21.7. The van der Waals surface area contributed by atoms with Crippen LogP contribution in [-0.2, 0) is 27.6 Å². The molecule has 0 aromatic carbocycles. The van der Waals surface area contributed by atoms with Crippen LogP contribution in [0.1, 0.15) is 12.8 Å². The van der Waals surface area contributed by atoms with Crippen molar-refractivity contribution in [3.8, 4) is 0 Å². The van der Waals surface area contributed by atoms with Crippen molar-refractivity contribution in [2.45, 2.75) is 12.8 Å². The minimum absolute atomic E-state index is 0. The van der Waals surface area contributed by atoms with E-state index in [4.69, 9.17) is 4.74 Å². The van der Waals surface area contributed by atoms with Crippen molar-refractivity contribution in [2.24, 2.45) is 0 Å². The van der Waals surface area contributed by atoms with Gasteiger partial charge in [-0.3, -0.25) is 0 Å². The predicted octanol–water partition coefficient (Wildman–Crippen LogP) is -9.44. The van der Waals surface area contributed by atoms with Gasteiger partial charge in [0.25, 0.3) is 0 Å². The first kappa shape index (κ1) is 19.9. The summed E-state index contributed by atoms with van der Waals surface area (Å²) < 4.78 is 26.8. The number of ether oxygens (including phenoxy) is 1. The van der Waals surface area contributed by atoms with Gasteiger partial charge in [-0.1, -0.05) is 0 Å². The molecule has 2 bridgehead atoms. The van der Waals surface area contributed by atoms with Crippen molar-refractivity contribution in [3.05, 3.63) is 0 Å². The first-order chi connectivity index (χ1) is 7.74. The third kappa shape index (κ3) is 7.09. The molecule has 3 saturated heterocycles. The molecule has 3 heterocycles. The largest absolute Gasteiger partial charge is 1.00 e. The van der Waals surface area contributed by atoms with E-state index in [1.54, 1.807) is 0 Å². The van der Waals surface area contributed by atoms with Gasteiger partial charge in [-0.05, 0) is 12.8 Å². The molecule has 8 nitrogen and oxygen atoms in total. The van der Waals surface area contributed by atoms with Gasteiger partial charge in [0.15, 0.2) is 0 Å². The number of hydrogen-bond acceptors (Lipinski definition) is 8. The van der Waals surface area contributed by atoms with E-state index in [0.717, 1.165) is 13.2 Å². The van der Waals surface area contributed by atoms with Gasteiger partial charge in [-0.2, -0.15) is 0 Å². The van der Waals surface area contributed by atoms with E-state index in [2.05, 4.69) is 22.9 Å². The van der Waals surface area contributed by atoms with Crippen molar-refractivity contribution in [1.82, 2.24) is 0 Å². The van der Waals surface area contributed by atoms with Gasteiger partial charge in [0.1, 0.15) is 0 Å². The van der Waals surface area contributed by atoms with E-state index in [-0.39, 0.29) is 59.1 Å². The average molecular weight is 273 g/mol. The molecule has 0 spiro atoms. The summed E-state index contributed by atoms with van der Waals surface area (Å²) in [5, 5.41) is 21.0. The maximum Gasteiger partial charge on any atom is 1.00 e. The van der Waals surface area contributed by atoms with E-state index in [1.807, 2.05) is 0 Å². The SMILES string of the molecule is C1CCOC1.[Na+].[Na+].[O-]B1OB2OB([O-])OB(O1)O2. The minimum atomic E-state index is -1.73. The van der Waals surface area contributed by atoms with Gasteiger partial charge in [0.2, 0.25) is 0 Å². The van der Waals surface area contributed by atoms with Crippen molar-refractivity contribution >= 4 is 29.3 Å². The zero-order chi connectivity index (χ0) is 11.4. The van der Waals surface area contributed by atoms with Gasteiger partial charge in [0.05, 0.1) is 0 Å². The zero-order valence-electron chi connectivity index (χ0n) is 10.4. The maximum atomic E-state index is 10.5. The predicted molar refractivity (Wildman–Crippen MR) is 48.5 cm³/mol. The van der Waals surface area contributed by atoms with Crippen LogP contribution in [0.5, 0.6) is 0 Å². The van der Waals surface area contributed by atoms with E-state index in [0.29, 0.717) is 0 Å². The van der Waals surface area contributed by atoms with Crippen LogP contribution in [0.3, 0.4) is 0 Å². The summed E-state index contributed by atoms with van der Waals surface area (Å²) in [6, 6.07) is 0. The Balaban J connectivity index is 0.000000357. The molecule has 18 heavy (non-hydrogen) atoms. The first-order valence-corrected chi connectivity index (χ1v) is 4.91. The molecule has 3 rings (SSSR count). The van der Waals surface area contributed by atoms with E-state index < -0.39 is 29.3 Å². The molecule has 3 fully saturated rings. The van der Waals surface area contributed by atoms with Crippen LogP contribution in [0, 0.1) is 0 Å². The number of hydrogen-bond donors (Lipinski definition) is 0. The molecule has 0 aliphatic carbocycles. The molecular formula is C4H8B4Na2O8. The van der Waals surface area contributed by atoms with Crippen molar-refractivity contribution in [1.29, 1.82) is 0 Å². The smallest absolute Gasteiger partial charge is 0.833 e. The monoisotopic (exact) mass is 274 g/mol. The molecule has 14 heteroatoms. The van der Waals surface area contributed by atoms with Crippen molar-refractivity contribution in [3.63, 3.8) is 0 Å².